The number of fused-ring (bicyclic) bond motifs is 1. The van der Waals surface area contributed by atoms with E-state index in [1.807, 2.05) is 40.1 Å². The van der Waals surface area contributed by atoms with Crippen LogP contribution in [0.4, 0.5) is 0 Å². The third-order valence-corrected chi connectivity index (χ3v) is 3.92. The van der Waals surface area contributed by atoms with Gasteiger partial charge in [0.2, 0.25) is 12.3 Å². The van der Waals surface area contributed by atoms with Crippen molar-refractivity contribution in [2.75, 3.05) is 32.8 Å². The lowest BCUT2D eigenvalue weighted by Gasteiger charge is -2.44. The van der Waals surface area contributed by atoms with Crippen LogP contribution in [0.2, 0.25) is 0 Å². The van der Waals surface area contributed by atoms with Gasteiger partial charge in [0.05, 0.1) is 19.3 Å². The maximum atomic E-state index is 11.7. The third kappa shape index (κ3) is 3.41. The summed E-state index contributed by atoms with van der Waals surface area (Å²) in [5.41, 5.74) is 1.02. The molecule has 1 aromatic rings. The molecule has 6 heteroatoms. The van der Waals surface area contributed by atoms with Crippen LogP contribution in [0.15, 0.2) is 30.3 Å². The first-order chi connectivity index (χ1) is 10.2. The Morgan fingerprint density at radius 1 is 1.33 bits per heavy atom. The number of hydrogen-bond donors (Lipinski definition) is 1. The lowest BCUT2D eigenvalue weighted by atomic mass is 10.1. The minimum atomic E-state index is -0.954. The number of ether oxygens (including phenoxy) is 2. The normalized spacial score (nSPS) is 24.7. The maximum Gasteiger partial charge on any atom is 0.248 e. The smallest absolute Gasteiger partial charge is 0.248 e. The highest BCUT2D eigenvalue weighted by atomic mass is 16.6. The van der Waals surface area contributed by atoms with Crippen LogP contribution in [-0.4, -0.2) is 66.1 Å². The second kappa shape index (κ2) is 6.53. The van der Waals surface area contributed by atoms with Crippen LogP contribution >= 0.6 is 0 Å². The highest BCUT2D eigenvalue weighted by Gasteiger charge is 2.35. The van der Waals surface area contributed by atoms with Crippen LogP contribution < -0.4 is 0 Å². The van der Waals surface area contributed by atoms with Crippen molar-refractivity contribution in [1.82, 2.24) is 9.80 Å². The first-order valence-electron chi connectivity index (χ1n) is 7.19. The molecule has 0 radical (unpaired) electrons. The quantitative estimate of drug-likeness (QED) is 0.793. The second-order valence-corrected chi connectivity index (χ2v) is 5.37. The number of amides is 1. The van der Waals surface area contributed by atoms with Crippen LogP contribution in [0.1, 0.15) is 5.56 Å². The number of carbonyl (C=O) groups is 1. The van der Waals surface area contributed by atoms with Gasteiger partial charge in [-0.05, 0) is 5.56 Å². The van der Waals surface area contributed by atoms with Crippen molar-refractivity contribution in [1.29, 1.82) is 0 Å². The SMILES string of the molecule is O=C1COC[C@@H]2CN(C(O)OCc3ccccc3)CCN12. The number of aliphatic hydroxyl groups is 1. The summed E-state index contributed by atoms with van der Waals surface area (Å²) in [5.74, 6) is 0.0330. The zero-order chi connectivity index (χ0) is 14.7. The molecule has 0 bridgehead atoms. The molecule has 2 aliphatic heterocycles. The zero-order valence-electron chi connectivity index (χ0n) is 11.9. The van der Waals surface area contributed by atoms with Gasteiger partial charge in [0.15, 0.2) is 0 Å². The molecular formula is C15H20N2O4. The Bertz CT molecular complexity index is 482. The Morgan fingerprint density at radius 3 is 2.95 bits per heavy atom. The van der Waals surface area contributed by atoms with Crippen molar-refractivity contribution in [2.45, 2.75) is 19.1 Å². The van der Waals surface area contributed by atoms with E-state index in [1.54, 1.807) is 0 Å². The van der Waals surface area contributed by atoms with E-state index in [9.17, 15) is 9.90 Å². The van der Waals surface area contributed by atoms with E-state index in [-0.39, 0.29) is 18.6 Å². The molecule has 21 heavy (non-hydrogen) atoms. The molecule has 1 unspecified atom stereocenters. The Balaban J connectivity index is 1.51. The summed E-state index contributed by atoms with van der Waals surface area (Å²) in [5, 5.41) is 10.2. The molecular weight excluding hydrogens is 272 g/mol. The number of hydrogen-bond acceptors (Lipinski definition) is 5. The van der Waals surface area contributed by atoms with E-state index >= 15 is 0 Å². The fourth-order valence-corrected chi connectivity index (χ4v) is 2.77. The number of carbonyl (C=O) groups excluding carboxylic acids is 1. The Labute approximate surface area is 123 Å². The van der Waals surface area contributed by atoms with Crippen molar-refractivity contribution in [3.05, 3.63) is 35.9 Å². The molecule has 0 spiro atoms. The van der Waals surface area contributed by atoms with E-state index in [2.05, 4.69) is 0 Å². The van der Waals surface area contributed by atoms with Crippen LogP contribution in [0.5, 0.6) is 0 Å². The molecule has 2 fully saturated rings. The third-order valence-electron chi connectivity index (χ3n) is 3.92. The van der Waals surface area contributed by atoms with Crippen molar-refractivity contribution < 1.29 is 19.4 Å². The summed E-state index contributed by atoms with van der Waals surface area (Å²) in [6.45, 7) is 2.85. The molecule has 3 rings (SSSR count). The minimum absolute atomic E-state index is 0.00924. The van der Waals surface area contributed by atoms with Crippen LogP contribution in [0, 0.1) is 0 Å². The summed E-state index contributed by atoms with van der Waals surface area (Å²) < 4.78 is 10.8. The fraction of sp³-hybridized carbons (Fsp3) is 0.533. The number of benzene rings is 1. The van der Waals surface area contributed by atoms with Gasteiger partial charge >= 0.3 is 0 Å². The number of piperazine rings is 1. The van der Waals surface area contributed by atoms with E-state index in [4.69, 9.17) is 9.47 Å². The Morgan fingerprint density at radius 2 is 2.14 bits per heavy atom. The molecule has 1 amide bonds. The van der Waals surface area contributed by atoms with Crippen molar-refractivity contribution in [3.8, 4) is 0 Å². The van der Waals surface area contributed by atoms with Crippen molar-refractivity contribution in [2.24, 2.45) is 0 Å². The lowest BCUT2D eigenvalue weighted by molar-refractivity contribution is -0.217. The highest BCUT2D eigenvalue weighted by Crippen LogP contribution is 2.17. The highest BCUT2D eigenvalue weighted by molar-refractivity contribution is 5.78. The average Bonchev–Trinajstić information content (AvgIpc) is 2.53. The van der Waals surface area contributed by atoms with Gasteiger partial charge in [-0.3, -0.25) is 9.69 Å². The van der Waals surface area contributed by atoms with Gasteiger partial charge in [-0.1, -0.05) is 30.3 Å². The van der Waals surface area contributed by atoms with Gasteiger partial charge in [-0.15, -0.1) is 0 Å². The molecule has 2 saturated heterocycles. The molecule has 114 valence electrons. The van der Waals surface area contributed by atoms with Crippen LogP contribution in [0.25, 0.3) is 0 Å². The predicted molar refractivity (Wildman–Crippen MR) is 75.1 cm³/mol. The van der Waals surface area contributed by atoms with E-state index in [0.717, 1.165) is 5.56 Å². The molecule has 0 aromatic heterocycles. The van der Waals surface area contributed by atoms with Gasteiger partial charge in [0.1, 0.15) is 6.61 Å². The molecule has 2 heterocycles. The molecule has 0 saturated carbocycles. The molecule has 0 aliphatic carbocycles. The van der Waals surface area contributed by atoms with E-state index in [0.29, 0.717) is 32.8 Å². The van der Waals surface area contributed by atoms with Crippen LogP contribution in [0.3, 0.4) is 0 Å². The lowest BCUT2D eigenvalue weighted by Crippen LogP contribution is -2.62. The van der Waals surface area contributed by atoms with Crippen molar-refractivity contribution >= 4 is 5.91 Å². The summed E-state index contributed by atoms with van der Waals surface area (Å²) >= 11 is 0. The largest absolute Gasteiger partial charge is 0.369 e. The van der Waals surface area contributed by atoms with E-state index < -0.39 is 6.41 Å². The van der Waals surface area contributed by atoms with Gasteiger partial charge in [-0.2, -0.15) is 0 Å². The fourth-order valence-electron chi connectivity index (χ4n) is 2.77. The average molecular weight is 292 g/mol. The molecule has 6 nitrogen and oxygen atoms in total. The first-order valence-corrected chi connectivity index (χ1v) is 7.19. The number of aliphatic hydroxyl groups excluding tert-OH is 1. The van der Waals surface area contributed by atoms with Crippen LogP contribution in [-0.2, 0) is 20.9 Å². The summed E-state index contributed by atoms with van der Waals surface area (Å²) in [4.78, 5) is 15.4. The second-order valence-electron chi connectivity index (χ2n) is 5.37. The number of morpholine rings is 1. The summed E-state index contributed by atoms with van der Waals surface area (Å²) in [6.07, 6.45) is -0.954. The van der Waals surface area contributed by atoms with Gasteiger partial charge < -0.3 is 19.5 Å². The minimum Gasteiger partial charge on any atom is -0.369 e. The van der Waals surface area contributed by atoms with Gasteiger partial charge in [0, 0.05) is 19.6 Å². The number of nitrogens with zero attached hydrogens (tertiary/aromatic N) is 2. The summed E-state index contributed by atoms with van der Waals surface area (Å²) in [7, 11) is 0. The maximum absolute atomic E-state index is 11.7. The molecule has 1 aromatic carbocycles. The monoisotopic (exact) mass is 292 g/mol. The molecule has 2 atom stereocenters. The van der Waals surface area contributed by atoms with Gasteiger partial charge in [-0.25, -0.2) is 0 Å². The molecule has 1 N–H and O–H groups in total. The molecule has 2 aliphatic rings. The Hall–Kier alpha value is -1.47. The topological polar surface area (TPSA) is 62.2 Å². The summed E-state index contributed by atoms with van der Waals surface area (Å²) in [6, 6.07) is 9.74. The Kier molecular flexibility index (Phi) is 4.50. The zero-order valence-corrected chi connectivity index (χ0v) is 11.9. The first kappa shape index (κ1) is 14.5. The van der Waals surface area contributed by atoms with E-state index in [1.165, 1.54) is 0 Å². The number of rotatable bonds is 4. The predicted octanol–water partition coefficient (Wildman–Crippen LogP) is 0.0221. The van der Waals surface area contributed by atoms with Crippen molar-refractivity contribution in [3.63, 3.8) is 0 Å². The van der Waals surface area contributed by atoms with Gasteiger partial charge in [0.25, 0.3) is 0 Å². The standard InChI is InChI=1S/C15H20N2O4/c18-14-11-20-10-13-8-16(6-7-17(13)14)15(19)21-9-12-4-2-1-3-5-12/h1-5,13,15,19H,6-11H2/t13-,15?/m0/s1.